The molecule has 7 nitrogen and oxygen atoms in total. The van der Waals surface area contributed by atoms with Gasteiger partial charge in [-0.05, 0) is 36.6 Å². The average Bonchev–Trinajstić information content (AvgIpc) is 3.18. The number of halogens is 2. The molecule has 0 radical (unpaired) electrons. The van der Waals surface area contributed by atoms with Crippen molar-refractivity contribution in [2.45, 2.75) is 33.5 Å². The van der Waals surface area contributed by atoms with Gasteiger partial charge in [-0.25, -0.2) is 9.50 Å². The van der Waals surface area contributed by atoms with E-state index < -0.39 is 0 Å². The molecule has 0 saturated carbocycles. The summed E-state index contributed by atoms with van der Waals surface area (Å²) in [5.41, 5.74) is 5.44. The number of aryl methyl sites for hydroxylation is 2. The lowest BCUT2D eigenvalue weighted by Crippen LogP contribution is -2.24. The Morgan fingerprint density at radius 3 is 2.73 bits per heavy atom. The first-order chi connectivity index (χ1) is 11.6. The highest BCUT2D eigenvalue weighted by Gasteiger charge is 2.15. The Labute approximate surface area is 163 Å². The highest BCUT2D eigenvalue weighted by molar-refractivity contribution is 5.90. The number of carbonyl (C=O) groups is 1. The Hall–Kier alpha value is -2.22. The first-order valence-electron chi connectivity index (χ1n) is 7.91. The Morgan fingerprint density at radius 1 is 1.15 bits per heavy atom. The molecule has 0 unspecified atom stereocenters. The van der Waals surface area contributed by atoms with Gasteiger partial charge in [-0.2, -0.15) is 4.98 Å². The van der Waals surface area contributed by atoms with Crippen molar-refractivity contribution >= 4 is 36.5 Å². The van der Waals surface area contributed by atoms with E-state index in [2.05, 4.69) is 37.8 Å². The number of fused-ring (bicyclic) bond motifs is 2. The number of rotatable bonds is 3. The summed E-state index contributed by atoms with van der Waals surface area (Å²) in [6.45, 7) is 6.06. The Kier molecular flexibility index (Phi) is 6.17. The summed E-state index contributed by atoms with van der Waals surface area (Å²) >= 11 is 0. The van der Waals surface area contributed by atoms with Gasteiger partial charge < -0.3 is 10.6 Å². The van der Waals surface area contributed by atoms with Crippen molar-refractivity contribution in [3.8, 4) is 0 Å². The molecule has 0 aliphatic carbocycles. The van der Waals surface area contributed by atoms with Crippen molar-refractivity contribution in [3.63, 3.8) is 0 Å². The molecule has 1 amide bonds. The fraction of sp³-hybridized carbons (Fsp3) is 0.294. The summed E-state index contributed by atoms with van der Waals surface area (Å²) in [6, 6.07) is 8.18. The number of amides is 1. The molecule has 1 aliphatic rings. The third kappa shape index (κ3) is 3.80. The molecule has 0 atom stereocenters. The standard InChI is InChI=1S/C17H18N6O.2ClH/c1-10-5-11(2)23-17(20-10)21-15(22-23)16(24)19-7-12-3-4-13-8-18-9-14(13)6-12;;/h3-6,18H,7-9H2,1-2H3,(H,19,24);2*1H. The molecule has 9 heteroatoms. The zero-order valence-corrected chi connectivity index (χ0v) is 16.1. The van der Waals surface area contributed by atoms with Gasteiger partial charge in [-0.15, -0.1) is 29.9 Å². The number of carbonyl (C=O) groups excluding carboxylic acids is 1. The number of nitrogens with zero attached hydrogens (tertiary/aromatic N) is 4. The number of aromatic nitrogens is 4. The zero-order chi connectivity index (χ0) is 16.7. The van der Waals surface area contributed by atoms with Crippen molar-refractivity contribution in [2.75, 3.05) is 0 Å². The van der Waals surface area contributed by atoms with E-state index in [-0.39, 0.29) is 36.5 Å². The molecule has 3 aromatic rings. The molecule has 0 saturated heterocycles. The van der Waals surface area contributed by atoms with E-state index in [9.17, 15) is 4.79 Å². The predicted octanol–water partition coefficient (Wildman–Crippen LogP) is 2.12. The second-order valence-corrected chi connectivity index (χ2v) is 6.08. The maximum Gasteiger partial charge on any atom is 0.291 e. The molecule has 3 heterocycles. The Balaban J connectivity index is 0.00000121. The largest absolute Gasteiger partial charge is 0.345 e. The van der Waals surface area contributed by atoms with E-state index in [1.807, 2.05) is 26.0 Å². The van der Waals surface area contributed by atoms with Gasteiger partial charge in [-0.1, -0.05) is 18.2 Å². The number of nitrogens with one attached hydrogen (secondary N) is 2. The van der Waals surface area contributed by atoms with Gasteiger partial charge in [0.1, 0.15) is 0 Å². The van der Waals surface area contributed by atoms with Gasteiger partial charge in [0.15, 0.2) is 0 Å². The fourth-order valence-corrected chi connectivity index (χ4v) is 2.98. The van der Waals surface area contributed by atoms with Crippen molar-refractivity contribution in [3.05, 3.63) is 58.2 Å². The van der Waals surface area contributed by atoms with Crippen molar-refractivity contribution in [1.29, 1.82) is 0 Å². The molecule has 2 N–H and O–H groups in total. The first-order valence-corrected chi connectivity index (χ1v) is 7.91. The zero-order valence-electron chi connectivity index (χ0n) is 14.4. The van der Waals surface area contributed by atoms with Crippen LogP contribution in [0.2, 0.25) is 0 Å². The maximum atomic E-state index is 12.3. The van der Waals surface area contributed by atoms with Crippen LogP contribution in [0.5, 0.6) is 0 Å². The third-order valence-corrected chi connectivity index (χ3v) is 4.18. The molecule has 0 spiro atoms. The molecular formula is C17H20Cl2N6O. The number of hydrogen-bond donors (Lipinski definition) is 2. The van der Waals surface area contributed by atoms with Crippen LogP contribution in [-0.4, -0.2) is 25.5 Å². The van der Waals surface area contributed by atoms with Crippen LogP contribution in [0.15, 0.2) is 24.3 Å². The minimum absolute atomic E-state index is 0. The summed E-state index contributed by atoms with van der Waals surface area (Å²) < 4.78 is 1.59. The second-order valence-electron chi connectivity index (χ2n) is 6.08. The van der Waals surface area contributed by atoms with Crippen LogP contribution in [0.25, 0.3) is 5.78 Å². The molecule has 0 fully saturated rings. The van der Waals surface area contributed by atoms with Crippen LogP contribution < -0.4 is 10.6 Å². The van der Waals surface area contributed by atoms with Gasteiger partial charge in [0.25, 0.3) is 11.7 Å². The minimum Gasteiger partial charge on any atom is -0.345 e. The SMILES string of the molecule is Cc1cc(C)n2nc(C(=O)NCc3ccc4c(c3)CNC4)nc2n1.Cl.Cl. The lowest BCUT2D eigenvalue weighted by atomic mass is 10.1. The van der Waals surface area contributed by atoms with Crippen molar-refractivity contribution < 1.29 is 4.79 Å². The highest BCUT2D eigenvalue weighted by Crippen LogP contribution is 2.17. The van der Waals surface area contributed by atoms with Crippen molar-refractivity contribution in [1.82, 2.24) is 30.2 Å². The average molecular weight is 395 g/mol. The van der Waals surface area contributed by atoms with Crippen LogP contribution in [0.1, 0.15) is 38.7 Å². The summed E-state index contributed by atoms with van der Waals surface area (Å²) in [5, 5.41) is 10.4. The molecule has 1 aliphatic heterocycles. The molecule has 2 aromatic heterocycles. The maximum absolute atomic E-state index is 12.3. The van der Waals surface area contributed by atoms with E-state index in [4.69, 9.17) is 0 Å². The van der Waals surface area contributed by atoms with E-state index in [0.29, 0.717) is 12.3 Å². The van der Waals surface area contributed by atoms with Crippen LogP contribution in [0.3, 0.4) is 0 Å². The van der Waals surface area contributed by atoms with Crippen LogP contribution >= 0.6 is 24.8 Å². The highest BCUT2D eigenvalue weighted by atomic mass is 35.5. The first kappa shape index (κ1) is 20.1. The third-order valence-electron chi connectivity index (χ3n) is 4.18. The molecule has 26 heavy (non-hydrogen) atoms. The number of hydrogen-bond acceptors (Lipinski definition) is 5. The fourth-order valence-electron chi connectivity index (χ4n) is 2.98. The summed E-state index contributed by atoms with van der Waals surface area (Å²) in [4.78, 5) is 20.9. The van der Waals surface area contributed by atoms with E-state index >= 15 is 0 Å². The summed E-state index contributed by atoms with van der Waals surface area (Å²) in [6.07, 6.45) is 0. The molecule has 4 rings (SSSR count). The molecule has 0 bridgehead atoms. The van der Waals surface area contributed by atoms with E-state index in [1.165, 1.54) is 11.1 Å². The summed E-state index contributed by atoms with van der Waals surface area (Å²) in [5.74, 6) is 0.288. The van der Waals surface area contributed by atoms with E-state index in [1.54, 1.807) is 4.52 Å². The monoisotopic (exact) mass is 394 g/mol. The van der Waals surface area contributed by atoms with Gasteiger partial charge in [0.05, 0.1) is 0 Å². The van der Waals surface area contributed by atoms with Gasteiger partial charge in [0.2, 0.25) is 5.82 Å². The summed E-state index contributed by atoms with van der Waals surface area (Å²) in [7, 11) is 0. The second kappa shape index (κ2) is 7.99. The predicted molar refractivity (Wildman–Crippen MR) is 103 cm³/mol. The quantitative estimate of drug-likeness (QED) is 0.710. The minimum atomic E-state index is -0.295. The lowest BCUT2D eigenvalue weighted by Gasteiger charge is -2.05. The smallest absolute Gasteiger partial charge is 0.291 e. The van der Waals surface area contributed by atoms with Crippen molar-refractivity contribution in [2.24, 2.45) is 0 Å². The van der Waals surface area contributed by atoms with E-state index in [0.717, 1.165) is 30.0 Å². The van der Waals surface area contributed by atoms with Gasteiger partial charge in [0, 0.05) is 31.0 Å². The molecule has 138 valence electrons. The lowest BCUT2D eigenvalue weighted by molar-refractivity contribution is 0.0940. The normalized spacial score (nSPS) is 12.2. The molecular weight excluding hydrogens is 375 g/mol. The number of benzene rings is 1. The van der Waals surface area contributed by atoms with Gasteiger partial charge >= 0.3 is 0 Å². The van der Waals surface area contributed by atoms with Crippen LogP contribution in [0, 0.1) is 13.8 Å². The van der Waals surface area contributed by atoms with Gasteiger partial charge in [-0.3, -0.25) is 4.79 Å². The topological polar surface area (TPSA) is 84.2 Å². The van der Waals surface area contributed by atoms with Crippen LogP contribution in [-0.2, 0) is 19.6 Å². The Morgan fingerprint density at radius 2 is 1.92 bits per heavy atom. The van der Waals surface area contributed by atoms with Crippen LogP contribution in [0.4, 0.5) is 0 Å². The molecule has 1 aromatic carbocycles. The Bertz CT molecular complexity index is 956.